The quantitative estimate of drug-likeness (QED) is 0.724. The van der Waals surface area contributed by atoms with Crippen molar-refractivity contribution in [2.24, 2.45) is 7.05 Å². The van der Waals surface area contributed by atoms with E-state index in [1.54, 1.807) is 6.33 Å². The fourth-order valence-electron chi connectivity index (χ4n) is 2.03. The minimum atomic E-state index is 0.864. The van der Waals surface area contributed by atoms with Gasteiger partial charge in [0.05, 0.1) is 6.54 Å². The highest BCUT2D eigenvalue weighted by molar-refractivity contribution is 4.82. The van der Waals surface area contributed by atoms with Gasteiger partial charge < -0.3 is 5.32 Å². The molecule has 6 heteroatoms. The predicted molar refractivity (Wildman–Crippen MR) is 66.6 cm³/mol. The summed E-state index contributed by atoms with van der Waals surface area (Å²) in [6.45, 7) is 7.64. The lowest BCUT2D eigenvalue weighted by atomic mass is 10.3. The van der Waals surface area contributed by atoms with Crippen molar-refractivity contribution in [2.45, 2.75) is 6.54 Å². The number of aryl methyl sites for hydroxylation is 1. The van der Waals surface area contributed by atoms with E-state index in [0.717, 1.165) is 51.6 Å². The smallest absolute Gasteiger partial charge is 0.140 e. The van der Waals surface area contributed by atoms with Gasteiger partial charge in [-0.05, 0) is 7.05 Å². The molecule has 2 rings (SSSR count). The Morgan fingerprint density at radius 2 is 2.18 bits per heavy atom. The maximum atomic E-state index is 4.24. The molecule has 17 heavy (non-hydrogen) atoms. The van der Waals surface area contributed by atoms with Crippen molar-refractivity contribution in [3.63, 3.8) is 0 Å². The van der Waals surface area contributed by atoms with Gasteiger partial charge in [0.15, 0.2) is 0 Å². The van der Waals surface area contributed by atoms with Gasteiger partial charge in [0.1, 0.15) is 12.2 Å². The molecule has 96 valence electrons. The number of nitrogens with one attached hydrogen (secondary N) is 1. The number of piperazine rings is 1. The molecule has 1 aromatic rings. The van der Waals surface area contributed by atoms with Gasteiger partial charge in [-0.1, -0.05) is 0 Å². The molecule has 0 saturated carbocycles. The number of likely N-dealkylation sites (N-methyl/N-ethyl adjacent to an activating group) is 1. The van der Waals surface area contributed by atoms with Crippen LogP contribution in [-0.2, 0) is 13.6 Å². The van der Waals surface area contributed by atoms with Crippen LogP contribution in [0.3, 0.4) is 0 Å². The maximum absolute atomic E-state index is 4.24. The Hall–Kier alpha value is -0.980. The maximum Gasteiger partial charge on any atom is 0.140 e. The molecule has 1 N–H and O–H groups in total. The van der Waals surface area contributed by atoms with Gasteiger partial charge in [0.25, 0.3) is 0 Å². The Bertz CT molecular complexity index is 330. The van der Waals surface area contributed by atoms with E-state index < -0.39 is 0 Å². The molecule has 0 aliphatic carbocycles. The summed E-state index contributed by atoms with van der Waals surface area (Å²) < 4.78 is 1.83. The number of nitrogens with zero attached hydrogens (tertiary/aromatic N) is 5. The minimum absolute atomic E-state index is 0.864. The molecule has 2 heterocycles. The highest BCUT2D eigenvalue weighted by atomic mass is 15.3. The van der Waals surface area contributed by atoms with E-state index >= 15 is 0 Å². The van der Waals surface area contributed by atoms with Crippen LogP contribution in [0.25, 0.3) is 0 Å². The molecule has 1 fully saturated rings. The SMILES string of the molecule is CN(CCN1CCNCC1)Cc1ncnn1C. The molecule has 0 unspecified atom stereocenters. The second kappa shape index (κ2) is 6.09. The third kappa shape index (κ3) is 3.76. The molecular formula is C11H22N6. The second-order valence-electron chi connectivity index (χ2n) is 4.63. The zero-order chi connectivity index (χ0) is 12.1. The summed E-state index contributed by atoms with van der Waals surface area (Å²) in [7, 11) is 4.07. The Labute approximate surface area is 103 Å². The first kappa shape index (κ1) is 12.5. The van der Waals surface area contributed by atoms with Gasteiger partial charge in [-0.2, -0.15) is 5.10 Å². The zero-order valence-corrected chi connectivity index (χ0v) is 10.8. The van der Waals surface area contributed by atoms with E-state index in [1.807, 2.05) is 11.7 Å². The summed E-state index contributed by atoms with van der Waals surface area (Å²) in [5, 5.41) is 7.45. The molecule has 1 saturated heterocycles. The molecule has 1 aromatic heterocycles. The molecule has 0 aromatic carbocycles. The van der Waals surface area contributed by atoms with Crippen molar-refractivity contribution in [3.05, 3.63) is 12.2 Å². The van der Waals surface area contributed by atoms with Crippen molar-refractivity contribution in [1.82, 2.24) is 29.9 Å². The first-order chi connectivity index (χ1) is 8.25. The monoisotopic (exact) mass is 238 g/mol. The van der Waals surface area contributed by atoms with Crippen LogP contribution in [0, 0.1) is 0 Å². The molecule has 0 amide bonds. The summed E-state index contributed by atoms with van der Waals surface area (Å²) in [4.78, 5) is 9.04. The lowest BCUT2D eigenvalue weighted by molar-refractivity contribution is 0.200. The van der Waals surface area contributed by atoms with E-state index in [-0.39, 0.29) is 0 Å². The Balaban J connectivity index is 1.70. The van der Waals surface area contributed by atoms with E-state index in [0.29, 0.717) is 0 Å². The van der Waals surface area contributed by atoms with Crippen molar-refractivity contribution < 1.29 is 0 Å². The molecular weight excluding hydrogens is 216 g/mol. The van der Waals surface area contributed by atoms with Crippen LogP contribution in [0.4, 0.5) is 0 Å². The van der Waals surface area contributed by atoms with Crippen LogP contribution >= 0.6 is 0 Å². The van der Waals surface area contributed by atoms with Gasteiger partial charge in [-0.25, -0.2) is 4.98 Å². The third-order valence-corrected chi connectivity index (χ3v) is 3.22. The summed E-state index contributed by atoms with van der Waals surface area (Å²) >= 11 is 0. The van der Waals surface area contributed by atoms with Crippen LogP contribution in [0.1, 0.15) is 5.82 Å². The molecule has 0 spiro atoms. The average Bonchev–Trinajstić information content (AvgIpc) is 2.74. The van der Waals surface area contributed by atoms with Gasteiger partial charge >= 0.3 is 0 Å². The van der Waals surface area contributed by atoms with Crippen LogP contribution < -0.4 is 5.32 Å². The number of rotatable bonds is 5. The van der Waals surface area contributed by atoms with Gasteiger partial charge in [-0.3, -0.25) is 14.5 Å². The number of hydrogen-bond donors (Lipinski definition) is 1. The predicted octanol–water partition coefficient (Wildman–Crippen LogP) is -0.848. The Kier molecular flexibility index (Phi) is 4.47. The van der Waals surface area contributed by atoms with E-state index in [1.165, 1.54) is 0 Å². The van der Waals surface area contributed by atoms with Crippen LogP contribution in [0.2, 0.25) is 0 Å². The van der Waals surface area contributed by atoms with Gasteiger partial charge in [0, 0.05) is 46.3 Å². The minimum Gasteiger partial charge on any atom is -0.314 e. The highest BCUT2D eigenvalue weighted by Crippen LogP contribution is 1.98. The highest BCUT2D eigenvalue weighted by Gasteiger charge is 2.11. The Morgan fingerprint density at radius 1 is 1.41 bits per heavy atom. The third-order valence-electron chi connectivity index (χ3n) is 3.22. The van der Waals surface area contributed by atoms with Gasteiger partial charge in [0.2, 0.25) is 0 Å². The topological polar surface area (TPSA) is 49.2 Å². The van der Waals surface area contributed by atoms with Crippen LogP contribution in [-0.4, -0.2) is 70.9 Å². The molecule has 1 aliphatic heterocycles. The van der Waals surface area contributed by atoms with E-state index in [2.05, 4.69) is 32.2 Å². The first-order valence-corrected chi connectivity index (χ1v) is 6.20. The van der Waals surface area contributed by atoms with Crippen molar-refractivity contribution in [3.8, 4) is 0 Å². The molecule has 0 atom stereocenters. The zero-order valence-electron chi connectivity index (χ0n) is 10.8. The standard InChI is InChI=1S/C11H22N6/c1-15(9-11-13-10-14-16(11)2)7-8-17-5-3-12-4-6-17/h10,12H,3-9H2,1-2H3. The first-order valence-electron chi connectivity index (χ1n) is 6.20. The largest absolute Gasteiger partial charge is 0.314 e. The summed E-state index contributed by atoms with van der Waals surface area (Å²) in [6, 6.07) is 0. The molecule has 1 aliphatic rings. The summed E-state index contributed by atoms with van der Waals surface area (Å²) in [5.41, 5.74) is 0. The molecule has 0 radical (unpaired) electrons. The molecule has 0 bridgehead atoms. The number of aromatic nitrogens is 3. The van der Waals surface area contributed by atoms with Crippen molar-refractivity contribution >= 4 is 0 Å². The average molecular weight is 238 g/mol. The fraction of sp³-hybridized carbons (Fsp3) is 0.818. The van der Waals surface area contributed by atoms with Crippen LogP contribution in [0.15, 0.2) is 6.33 Å². The molecule has 6 nitrogen and oxygen atoms in total. The van der Waals surface area contributed by atoms with Gasteiger partial charge in [-0.15, -0.1) is 0 Å². The second-order valence-corrected chi connectivity index (χ2v) is 4.63. The normalized spacial score (nSPS) is 17.8. The van der Waals surface area contributed by atoms with Crippen LogP contribution in [0.5, 0.6) is 0 Å². The lowest BCUT2D eigenvalue weighted by Gasteiger charge is -2.28. The Morgan fingerprint density at radius 3 is 2.82 bits per heavy atom. The summed E-state index contributed by atoms with van der Waals surface area (Å²) in [5.74, 6) is 1.02. The van der Waals surface area contributed by atoms with Crippen molar-refractivity contribution in [2.75, 3.05) is 46.3 Å². The fourth-order valence-corrected chi connectivity index (χ4v) is 2.03. The number of hydrogen-bond acceptors (Lipinski definition) is 5. The van der Waals surface area contributed by atoms with Crippen molar-refractivity contribution in [1.29, 1.82) is 0 Å². The summed E-state index contributed by atoms with van der Waals surface area (Å²) in [6.07, 6.45) is 1.61. The lowest BCUT2D eigenvalue weighted by Crippen LogP contribution is -2.45. The van der Waals surface area contributed by atoms with E-state index in [4.69, 9.17) is 0 Å². The van der Waals surface area contributed by atoms with E-state index in [9.17, 15) is 0 Å².